The van der Waals surface area contributed by atoms with Crippen molar-refractivity contribution in [3.63, 3.8) is 0 Å². The van der Waals surface area contributed by atoms with Crippen molar-refractivity contribution in [1.29, 1.82) is 0 Å². The first-order chi connectivity index (χ1) is 10.7. The Morgan fingerprint density at radius 3 is 2.52 bits per heavy atom. The van der Waals surface area contributed by atoms with Crippen LogP contribution in [0.3, 0.4) is 0 Å². The number of fused-ring (bicyclic) bond motifs is 1. The molecule has 0 aromatic heterocycles. The fourth-order valence-electron chi connectivity index (χ4n) is 2.23. The minimum Gasteiger partial charge on any atom is -0.496 e. The molecule has 23 heavy (non-hydrogen) atoms. The number of methoxy groups -OCH3 is 1. The molecule has 6 heteroatoms. The highest BCUT2D eigenvalue weighted by Crippen LogP contribution is 2.28. The van der Waals surface area contributed by atoms with E-state index in [1.807, 2.05) is 0 Å². The number of hydrogen-bond donors (Lipinski definition) is 1. The highest BCUT2D eigenvalue weighted by atomic mass is 16.6. The number of ether oxygens (including phenoxy) is 2. The van der Waals surface area contributed by atoms with Crippen molar-refractivity contribution < 1.29 is 23.9 Å². The predicted octanol–water partition coefficient (Wildman–Crippen LogP) is 2.53. The average molecular weight is 317 g/mol. The molecule has 2 rings (SSSR count). The second-order valence-corrected chi connectivity index (χ2v) is 6.10. The van der Waals surface area contributed by atoms with Crippen LogP contribution in [0, 0.1) is 0 Å². The van der Waals surface area contributed by atoms with Gasteiger partial charge in [-0.15, -0.1) is 0 Å². The van der Waals surface area contributed by atoms with Crippen LogP contribution in [0.1, 0.15) is 41.5 Å². The van der Waals surface area contributed by atoms with Crippen molar-refractivity contribution in [3.8, 4) is 5.75 Å². The molecule has 0 radical (unpaired) electrons. The number of benzene rings is 1. The number of hydrogen-bond acceptors (Lipinski definition) is 5. The van der Waals surface area contributed by atoms with Gasteiger partial charge in [0, 0.05) is 11.1 Å². The highest BCUT2D eigenvalue weighted by Gasteiger charge is 2.28. The normalized spacial score (nSPS) is 14.0. The van der Waals surface area contributed by atoms with Gasteiger partial charge in [0.25, 0.3) is 0 Å². The van der Waals surface area contributed by atoms with Gasteiger partial charge in [-0.05, 0) is 32.9 Å². The number of carbonyl (C=O) groups excluding carboxylic acids is 3. The Morgan fingerprint density at radius 1 is 1.22 bits per heavy atom. The number of allylic oxidation sites excluding steroid dienone is 1. The van der Waals surface area contributed by atoms with Gasteiger partial charge in [0.1, 0.15) is 11.4 Å². The zero-order valence-electron chi connectivity index (χ0n) is 13.6. The molecule has 1 aliphatic carbocycles. The summed E-state index contributed by atoms with van der Waals surface area (Å²) in [5.41, 5.74) is 0.102. The van der Waals surface area contributed by atoms with Crippen LogP contribution in [-0.4, -0.2) is 36.9 Å². The zero-order chi connectivity index (χ0) is 17.2. The number of carbonyl (C=O) groups is 3. The van der Waals surface area contributed by atoms with Crippen molar-refractivity contribution in [2.75, 3.05) is 13.7 Å². The van der Waals surface area contributed by atoms with E-state index in [0.29, 0.717) is 5.75 Å². The number of nitrogens with one attached hydrogen (secondary N) is 1. The molecular formula is C17H19NO5. The molecule has 0 fully saturated rings. The molecule has 1 amide bonds. The fourth-order valence-corrected chi connectivity index (χ4v) is 2.23. The Bertz CT molecular complexity index is 697. The lowest BCUT2D eigenvalue weighted by Gasteiger charge is -2.21. The molecule has 0 saturated heterocycles. The number of alkyl carbamates (subject to hydrolysis) is 1. The van der Waals surface area contributed by atoms with E-state index in [0.717, 1.165) is 0 Å². The van der Waals surface area contributed by atoms with E-state index in [-0.39, 0.29) is 34.8 Å². The van der Waals surface area contributed by atoms with Crippen LogP contribution in [-0.2, 0) is 4.74 Å². The topological polar surface area (TPSA) is 81.7 Å². The summed E-state index contributed by atoms with van der Waals surface area (Å²) in [5, 5.41) is 2.49. The summed E-state index contributed by atoms with van der Waals surface area (Å²) in [6.45, 7) is 5.15. The van der Waals surface area contributed by atoms with E-state index < -0.39 is 11.7 Å². The molecule has 122 valence electrons. The molecule has 0 spiro atoms. The summed E-state index contributed by atoms with van der Waals surface area (Å²) in [6, 6.07) is 4.84. The predicted molar refractivity (Wildman–Crippen MR) is 84.0 cm³/mol. The summed E-state index contributed by atoms with van der Waals surface area (Å²) in [7, 11) is 1.44. The van der Waals surface area contributed by atoms with Gasteiger partial charge in [-0.3, -0.25) is 9.59 Å². The first kappa shape index (κ1) is 16.7. The standard InChI is InChI=1S/C17H19NO5/c1-17(2,3)23-16(21)18-9-10-8-12(19)14-11(15(10)20)6-5-7-13(14)22-4/h5-8H,9H2,1-4H3,(H,18,21). The maximum Gasteiger partial charge on any atom is 0.407 e. The average Bonchev–Trinajstić information content (AvgIpc) is 2.47. The maximum atomic E-state index is 12.5. The van der Waals surface area contributed by atoms with E-state index in [4.69, 9.17) is 9.47 Å². The summed E-state index contributed by atoms with van der Waals surface area (Å²) in [5.74, 6) is -0.274. The SMILES string of the molecule is COc1cccc2c1C(=O)C=C(CNC(=O)OC(C)(C)C)C2=O. The van der Waals surface area contributed by atoms with E-state index in [1.54, 1.807) is 39.0 Å². The lowest BCUT2D eigenvalue weighted by atomic mass is 9.89. The van der Waals surface area contributed by atoms with Gasteiger partial charge < -0.3 is 14.8 Å². The van der Waals surface area contributed by atoms with Gasteiger partial charge in [-0.25, -0.2) is 4.79 Å². The lowest BCUT2D eigenvalue weighted by molar-refractivity contribution is 0.0532. The van der Waals surface area contributed by atoms with Gasteiger partial charge >= 0.3 is 6.09 Å². The quantitative estimate of drug-likeness (QED) is 0.926. The Balaban J connectivity index is 2.16. The van der Waals surface area contributed by atoms with Crippen LogP contribution in [0.25, 0.3) is 0 Å². The van der Waals surface area contributed by atoms with E-state index in [9.17, 15) is 14.4 Å². The Morgan fingerprint density at radius 2 is 1.91 bits per heavy atom. The molecule has 1 N–H and O–H groups in total. The van der Waals surface area contributed by atoms with Crippen molar-refractivity contribution in [3.05, 3.63) is 41.0 Å². The van der Waals surface area contributed by atoms with E-state index in [1.165, 1.54) is 13.2 Å². The number of ketones is 2. The molecule has 0 atom stereocenters. The molecule has 1 aromatic carbocycles. The second-order valence-electron chi connectivity index (χ2n) is 6.10. The Kier molecular flexibility index (Phi) is 4.54. The summed E-state index contributed by atoms with van der Waals surface area (Å²) in [4.78, 5) is 36.4. The fraction of sp³-hybridized carbons (Fsp3) is 0.353. The largest absolute Gasteiger partial charge is 0.496 e. The molecule has 0 bridgehead atoms. The molecule has 1 aliphatic rings. The Hall–Kier alpha value is -2.63. The number of amides is 1. The molecule has 0 aliphatic heterocycles. The van der Waals surface area contributed by atoms with Gasteiger partial charge in [-0.1, -0.05) is 12.1 Å². The molecule has 0 unspecified atom stereocenters. The lowest BCUT2D eigenvalue weighted by Crippen LogP contribution is -2.35. The zero-order valence-corrected chi connectivity index (χ0v) is 13.6. The molecule has 0 heterocycles. The minimum atomic E-state index is -0.643. The van der Waals surface area contributed by atoms with E-state index in [2.05, 4.69) is 5.32 Å². The second kappa shape index (κ2) is 6.24. The summed E-state index contributed by atoms with van der Waals surface area (Å²) >= 11 is 0. The third-order valence-electron chi connectivity index (χ3n) is 3.16. The van der Waals surface area contributed by atoms with Crippen LogP contribution in [0.4, 0.5) is 4.79 Å². The third-order valence-corrected chi connectivity index (χ3v) is 3.16. The van der Waals surface area contributed by atoms with E-state index >= 15 is 0 Å². The summed E-state index contributed by atoms with van der Waals surface area (Å²) in [6.07, 6.45) is 0.583. The monoisotopic (exact) mass is 317 g/mol. The van der Waals surface area contributed by atoms with Crippen LogP contribution in [0.5, 0.6) is 5.75 Å². The first-order valence-corrected chi connectivity index (χ1v) is 7.16. The van der Waals surface area contributed by atoms with Gasteiger partial charge in [-0.2, -0.15) is 0 Å². The first-order valence-electron chi connectivity index (χ1n) is 7.16. The van der Waals surface area contributed by atoms with Gasteiger partial charge in [0.05, 0.1) is 19.2 Å². The molecule has 0 saturated carbocycles. The van der Waals surface area contributed by atoms with Crippen molar-refractivity contribution in [2.24, 2.45) is 0 Å². The van der Waals surface area contributed by atoms with Crippen LogP contribution >= 0.6 is 0 Å². The van der Waals surface area contributed by atoms with Crippen molar-refractivity contribution in [1.82, 2.24) is 5.32 Å². The molecular weight excluding hydrogens is 298 g/mol. The Labute approximate surface area is 134 Å². The van der Waals surface area contributed by atoms with Crippen LogP contribution in [0.2, 0.25) is 0 Å². The maximum absolute atomic E-state index is 12.5. The molecule has 6 nitrogen and oxygen atoms in total. The van der Waals surface area contributed by atoms with Crippen LogP contribution in [0.15, 0.2) is 29.8 Å². The van der Waals surface area contributed by atoms with Crippen molar-refractivity contribution in [2.45, 2.75) is 26.4 Å². The number of Topliss-reactive ketones (excluding diaryl/α,β-unsaturated/α-hetero) is 1. The van der Waals surface area contributed by atoms with Gasteiger partial charge in [0.2, 0.25) is 0 Å². The third kappa shape index (κ3) is 3.77. The smallest absolute Gasteiger partial charge is 0.407 e. The van der Waals surface area contributed by atoms with Gasteiger partial charge in [0.15, 0.2) is 11.6 Å². The van der Waals surface area contributed by atoms with Crippen molar-refractivity contribution >= 4 is 17.7 Å². The minimum absolute atomic E-state index is 0.0733. The summed E-state index contributed by atoms with van der Waals surface area (Å²) < 4.78 is 10.2. The number of rotatable bonds is 3. The van der Waals surface area contributed by atoms with Crippen LogP contribution < -0.4 is 10.1 Å². The molecule has 1 aromatic rings. The highest BCUT2D eigenvalue weighted by molar-refractivity contribution is 6.25.